The monoisotopic (exact) mass is 280 g/mol. The number of anilines is 2. The molecule has 0 aliphatic heterocycles. The van der Waals surface area contributed by atoms with Crippen molar-refractivity contribution in [2.75, 3.05) is 24.3 Å². The van der Waals surface area contributed by atoms with Gasteiger partial charge >= 0.3 is 0 Å². The van der Waals surface area contributed by atoms with E-state index in [4.69, 9.17) is 0 Å². The van der Waals surface area contributed by atoms with Crippen molar-refractivity contribution in [3.05, 3.63) is 54.2 Å². The molecular weight excluding hydrogens is 264 g/mol. The second kappa shape index (κ2) is 5.28. The van der Waals surface area contributed by atoms with Gasteiger partial charge in [0.25, 0.3) is 5.91 Å². The molecule has 0 saturated carbocycles. The molecule has 1 aromatic heterocycles. The number of nitrogens with zero attached hydrogens (tertiary/aromatic N) is 2. The van der Waals surface area contributed by atoms with E-state index in [1.54, 1.807) is 12.3 Å². The molecule has 3 aromatic rings. The summed E-state index contributed by atoms with van der Waals surface area (Å²) < 4.78 is 0. The molecule has 1 heterocycles. The van der Waals surface area contributed by atoms with Gasteiger partial charge in [-0.1, -0.05) is 6.07 Å². The Morgan fingerprint density at radius 1 is 1.14 bits per heavy atom. The average Bonchev–Trinajstić information content (AvgIpc) is 2.96. The number of hydrogen-bond acceptors (Lipinski definition) is 3. The normalized spacial score (nSPS) is 10.6. The fourth-order valence-corrected chi connectivity index (χ4v) is 2.21. The molecule has 0 saturated heterocycles. The van der Waals surface area contributed by atoms with E-state index >= 15 is 0 Å². The van der Waals surface area contributed by atoms with Gasteiger partial charge in [-0.25, -0.2) is 0 Å². The summed E-state index contributed by atoms with van der Waals surface area (Å²) in [6.07, 6.45) is 1.67. The van der Waals surface area contributed by atoms with Crippen LogP contribution < -0.4 is 10.2 Å². The zero-order chi connectivity index (χ0) is 14.8. The maximum absolute atomic E-state index is 12.4. The Labute approximate surface area is 122 Å². The van der Waals surface area contributed by atoms with E-state index in [1.807, 2.05) is 55.4 Å². The lowest BCUT2D eigenvalue weighted by Crippen LogP contribution is -2.12. The molecule has 0 aliphatic carbocycles. The van der Waals surface area contributed by atoms with Gasteiger partial charge in [0, 0.05) is 30.9 Å². The van der Waals surface area contributed by atoms with Gasteiger partial charge in [0.15, 0.2) is 0 Å². The number of hydrogen-bond donors (Lipinski definition) is 2. The first kappa shape index (κ1) is 13.2. The summed E-state index contributed by atoms with van der Waals surface area (Å²) in [5.74, 6) is -0.139. The van der Waals surface area contributed by atoms with E-state index in [1.165, 1.54) is 0 Å². The van der Waals surface area contributed by atoms with Crippen molar-refractivity contribution < 1.29 is 4.79 Å². The van der Waals surface area contributed by atoms with Crippen LogP contribution in [0.5, 0.6) is 0 Å². The second-order valence-electron chi connectivity index (χ2n) is 5.03. The largest absolute Gasteiger partial charge is 0.378 e. The van der Waals surface area contributed by atoms with E-state index < -0.39 is 0 Å². The molecule has 3 rings (SSSR count). The highest BCUT2D eigenvalue weighted by molar-refractivity contribution is 6.12. The van der Waals surface area contributed by atoms with Crippen LogP contribution in [0, 0.1) is 0 Å². The predicted octanol–water partition coefficient (Wildman–Crippen LogP) is 2.88. The summed E-state index contributed by atoms with van der Waals surface area (Å²) >= 11 is 0. The minimum absolute atomic E-state index is 0.139. The van der Waals surface area contributed by atoms with Crippen LogP contribution in [-0.4, -0.2) is 30.2 Å². The van der Waals surface area contributed by atoms with E-state index in [2.05, 4.69) is 15.5 Å². The molecule has 5 nitrogen and oxygen atoms in total. The Bertz CT molecular complexity index is 774. The topological polar surface area (TPSA) is 61.0 Å². The number of carbonyl (C=O) groups is 1. The van der Waals surface area contributed by atoms with Crippen LogP contribution in [0.2, 0.25) is 0 Å². The van der Waals surface area contributed by atoms with Gasteiger partial charge in [-0.15, -0.1) is 0 Å². The van der Waals surface area contributed by atoms with E-state index in [0.717, 1.165) is 22.3 Å². The Kier molecular flexibility index (Phi) is 3.31. The maximum atomic E-state index is 12.4. The van der Waals surface area contributed by atoms with Crippen LogP contribution >= 0.6 is 0 Å². The van der Waals surface area contributed by atoms with Crippen molar-refractivity contribution in [1.82, 2.24) is 10.2 Å². The highest BCUT2D eigenvalue weighted by Gasteiger charge is 2.11. The summed E-state index contributed by atoms with van der Waals surface area (Å²) in [5.41, 5.74) is 3.32. The van der Waals surface area contributed by atoms with Crippen molar-refractivity contribution in [2.24, 2.45) is 0 Å². The molecule has 0 aliphatic rings. The quantitative estimate of drug-likeness (QED) is 0.775. The minimum Gasteiger partial charge on any atom is -0.378 e. The van der Waals surface area contributed by atoms with E-state index in [0.29, 0.717) is 5.56 Å². The predicted molar refractivity (Wildman–Crippen MR) is 84.8 cm³/mol. The van der Waals surface area contributed by atoms with Gasteiger partial charge in [0.2, 0.25) is 0 Å². The van der Waals surface area contributed by atoms with Crippen LogP contribution in [0.3, 0.4) is 0 Å². The third kappa shape index (κ3) is 2.58. The summed E-state index contributed by atoms with van der Waals surface area (Å²) in [4.78, 5) is 14.4. The molecule has 0 unspecified atom stereocenters. The highest BCUT2D eigenvalue weighted by atomic mass is 16.1. The summed E-state index contributed by atoms with van der Waals surface area (Å²) in [6.45, 7) is 0. The van der Waals surface area contributed by atoms with E-state index in [9.17, 15) is 4.79 Å². The number of aromatic amines is 1. The fraction of sp³-hybridized carbons (Fsp3) is 0.125. The smallest absolute Gasteiger partial charge is 0.256 e. The van der Waals surface area contributed by atoms with Crippen molar-refractivity contribution in [1.29, 1.82) is 0 Å². The van der Waals surface area contributed by atoms with Gasteiger partial charge in [0.1, 0.15) is 0 Å². The first-order valence-electron chi connectivity index (χ1n) is 6.66. The van der Waals surface area contributed by atoms with Crippen LogP contribution in [-0.2, 0) is 0 Å². The molecule has 21 heavy (non-hydrogen) atoms. The van der Waals surface area contributed by atoms with Gasteiger partial charge < -0.3 is 10.2 Å². The summed E-state index contributed by atoms with van der Waals surface area (Å²) in [5, 5.41) is 10.6. The molecule has 106 valence electrons. The lowest BCUT2D eigenvalue weighted by molar-refractivity contribution is 0.102. The molecule has 0 radical (unpaired) electrons. The van der Waals surface area contributed by atoms with Crippen molar-refractivity contribution in [3.63, 3.8) is 0 Å². The number of aromatic nitrogens is 2. The Balaban J connectivity index is 1.84. The van der Waals surface area contributed by atoms with Crippen LogP contribution in [0.25, 0.3) is 10.9 Å². The van der Waals surface area contributed by atoms with Crippen LogP contribution in [0.15, 0.2) is 48.7 Å². The lowest BCUT2D eigenvalue weighted by Gasteiger charge is -2.13. The van der Waals surface area contributed by atoms with Gasteiger partial charge in [-0.3, -0.25) is 9.89 Å². The molecular formula is C16H16N4O. The second-order valence-corrected chi connectivity index (χ2v) is 5.03. The van der Waals surface area contributed by atoms with Gasteiger partial charge in [-0.2, -0.15) is 5.10 Å². The fourth-order valence-electron chi connectivity index (χ4n) is 2.21. The third-order valence-corrected chi connectivity index (χ3v) is 3.37. The van der Waals surface area contributed by atoms with Gasteiger partial charge in [-0.05, 0) is 36.4 Å². The molecule has 0 spiro atoms. The van der Waals surface area contributed by atoms with Crippen LogP contribution in [0.4, 0.5) is 11.4 Å². The Morgan fingerprint density at radius 2 is 1.90 bits per heavy atom. The molecule has 0 fully saturated rings. The Morgan fingerprint density at radius 3 is 2.62 bits per heavy atom. The van der Waals surface area contributed by atoms with Crippen molar-refractivity contribution >= 4 is 28.2 Å². The van der Waals surface area contributed by atoms with E-state index in [-0.39, 0.29) is 5.91 Å². The molecule has 5 heteroatoms. The summed E-state index contributed by atoms with van der Waals surface area (Å²) in [7, 11) is 3.96. The standard InChI is InChI=1S/C16H16N4O/c1-20(2)12-8-6-11(7-9-12)18-16(21)13-4-3-5-15-14(13)10-17-19-15/h3-10H,1-2H3,(H,17,19)(H,18,21). The zero-order valence-corrected chi connectivity index (χ0v) is 11.9. The van der Waals surface area contributed by atoms with Gasteiger partial charge in [0.05, 0.1) is 17.3 Å². The average molecular weight is 280 g/mol. The highest BCUT2D eigenvalue weighted by Crippen LogP contribution is 2.19. The molecule has 0 bridgehead atoms. The number of rotatable bonds is 3. The van der Waals surface area contributed by atoms with Crippen LogP contribution in [0.1, 0.15) is 10.4 Å². The van der Waals surface area contributed by atoms with Crippen molar-refractivity contribution in [3.8, 4) is 0 Å². The molecule has 0 atom stereocenters. The molecule has 1 amide bonds. The molecule has 2 aromatic carbocycles. The summed E-state index contributed by atoms with van der Waals surface area (Å²) in [6, 6.07) is 13.2. The first-order valence-corrected chi connectivity index (χ1v) is 6.66. The van der Waals surface area contributed by atoms with Crippen molar-refractivity contribution in [2.45, 2.75) is 0 Å². The SMILES string of the molecule is CN(C)c1ccc(NC(=O)c2cccc3[nH]ncc23)cc1. The number of fused-ring (bicyclic) bond motifs is 1. The zero-order valence-electron chi connectivity index (χ0n) is 11.9. The third-order valence-electron chi connectivity index (χ3n) is 3.37. The maximum Gasteiger partial charge on any atom is 0.256 e. The number of H-pyrrole nitrogens is 1. The number of benzene rings is 2. The lowest BCUT2D eigenvalue weighted by atomic mass is 10.1. The number of nitrogens with one attached hydrogen (secondary N) is 2. The number of carbonyl (C=O) groups excluding carboxylic acids is 1. The first-order chi connectivity index (χ1) is 10.1. The number of amides is 1. The minimum atomic E-state index is -0.139. The Hall–Kier alpha value is -2.82. The molecule has 2 N–H and O–H groups in total.